The molecule has 0 radical (unpaired) electrons. The number of hydrogen-bond donors (Lipinski definition) is 1. The Kier molecular flexibility index (Phi) is 6.78. The molecule has 2 fully saturated rings. The van der Waals surface area contributed by atoms with Gasteiger partial charge in [-0.2, -0.15) is 0 Å². The van der Waals surface area contributed by atoms with Crippen molar-refractivity contribution >= 4 is 17.5 Å². The van der Waals surface area contributed by atoms with Crippen LogP contribution in [0.25, 0.3) is 0 Å². The van der Waals surface area contributed by atoms with E-state index < -0.39 is 0 Å². The maximum atomic E-state index is 13.6. The van der Waals surface area contributed by atoms with Gasteiger partial charge in [0.2, 0.25) is 11.8 Å². The molecule has 3 aliphatic heterocycles. The molecule has 2 saturated heterocycles. The first-order valence-corrected chi connectivity index (χ1v) is 12.0. The number of fused-ring (bicyclic) bond motifs is 3. The van der Waals surface area contributed by atoms with Gasteiger partial charge in [0.15, 0.2) is 0 Å². The van der Waals surface area contributed by atoms with Crippen LogP contribution in [-0.4, -0.2) is 80.1 Å². The van der Waals surface area contributed by atoms with E-state index in [1.807, 2.05) is 23.1 Å². The lowest BCUT2D eigenvalue weighted by Crippen LogP contribution is -2.62. The van der Waals surface area contributed by atoms with Gasteiger partial charge in [-0.25, -0.2) is 4.39 Å². The predicted octanol–water partition coefficient (Wildman–Crippen LogP) is 1.66. The number of halogens is 1. The van der Waals surface area contributed by atoms with Crippen molar-refractivity contribution in [1.82, 2.24) is 15.1 Å². The molecule has 7 nitrogen and oxygen atoms in total. The van der Waals surface area contributed by atoms with Crippen LogP contribution in [0.1, 0.15) is 11.1 Å². The van der Waals surface area contributed by atoms with Gasteiger partial charge in [0.1, 0.15) is 5.82 Å². The van der Waals surface area contributed by atoms with Gasteiger partial charge in [0, 0.05) is 45.0 Å². The Morgan fingerprint density at radius 2 is 1.85 bits per heavy atom. The second-order valence-electron chi connectivity index (χ2n) is 9.28. The van der Waals surface area contributed by atoms with Crippen LogP contribution in [0.5, 0.6) is 0 Å². The zero-order valence-electron chi connectivity index (χ0n) is 19.3. The summed E-state index contributed by atoms with van der Waals surface area (Å²) < 4.78 is 18.9. The number of carbonyl (C=O) groups is 2. The molecule has 0 saturated carbocycles. The summed E-state index contributed by atoms with van der Waals surface area (Å²) in [7, 11) is 0. The minimum atomic E-state index is -0.308. The molecule has 1 N–H and O–H groups in total. The molecule has 180 valence electrons. The highest BCUT2D eigenvalue weighted by Gasteiger charge is 2.41. The standard InChI is InChI=1S/C26H31FN4O3/c27-21-6-3-4-19(14-21)16-28-26(33)22-15-20-5-1-2-7-23(20)31-9-8-29(17-24(22)31)18-25(32)30-10-12-34-13-11-30/h1-7,14,22,24H,8-13,15-18H2,(H,28,33)/t22-,24+/m1/s1. The summed E-state index contributed by atoms with van der Waals surface area (Å²) in [6.45, 7) is 5.32. The summed E-state index contributed by atoms with van der Waals surface area (Å²) in [6, 6.07) is 14.6. The first kappa shape index (κ1) is 22.8. The number of carbonyl (C=O) groups excluding carboxylic acids is 2. The first-order valence-electron chi connectivity index (χ1n) is 12.0. The van der Waals surface area contributed by atoms with Gasteiger partial charge in [-0.05, 0) is 35.7 Å². The Bertz CT molecular complexity index is 1040. The summed E-state index contributed by atoms with van der Waals surface area (Å²) in [4.78, 5) is 32.6. The molecule has 0 aliphatic carbocycles. The van der Waals surface area contributed by atoms with E-state index in [2.05, 4.69) is 27.2 Å². The molecular weight excluding hydrogens is 435 g/mol. The Morgan fingerprint density at radius 1 is 1.03 bits per heavy atom. The van der Waals surface area contributed by atoms with E-state index in [4.69, 9.17) is 4.74 Å². The van der Waals surface area contributed by atoms with Crippen LogP contribution in [0.2, 0.25) is 0 Å². The van der Waals surface area contributed by atoms with E-state index in [0.717, 1.165) is 18.7 Å². The van der Waals surface area contributed by atoms with Crippen molar-refractivity contribution in [2.24, 2.45) is 5.92 Å². The highest BCUT2D eigenvalue weighted by Crippen LogP contribution is 2.36. The highest BCUT2D eigenvalue weighted by molar-refractivity contribution is 5.82. The van der Waals surface area contributed by atoms with Crippen molar-refractivity contribution in [1.29, 1.82) is 0 Å². The Morgan fingerprint density at radius 3 is 2.68 bits per heavy atom. The minimum absolute atomic E-state index is 0.0198. The molecule has 3 aliphatic rings. The van der Waals surface area contributed by atoms with Gasteiger partial charge in [0.05, 0.1) is 31.7 Å². The van der Waals surface area contributed by atoms with E-state index in [1.165, 1.54) is 23.4 Å². The zero-order valence-corrected chi connectivity index (χ0v) is 19.3. The number of benzene rings is 2. The summed E-state index contributed by atoms with van der Waals surface area (Å²) in [5.41, 5.74) is 3.09. The van der Waals surface area contributed by atoms with Crippen LogP contribution in [0.3, 0.4) is 0 Å². The van der Waals surface area contributed by atoms with Crippen LogP contribution in [0.4, 0.5) is 10.1 Å². The third-order valence-corrected chi connectivity index (χ3v) is 7.12. The first-order chi connectivity index (χ1) is 16.6. The van der Waals surface area contributed by atoms with Crippen LogP contribution in [0.15, 0.2) is 48.5 Å². The molecule has 8 heteroatoms. The molecule has 0 bridgehead atoms. The maximum absolute atomic E-state index is 13.6. The van der Waals surface area contributed by atoms with Gasteiger partial charge in [-0.15, -0.1) is 0 Å². The molecule has 3 heterocycles. The molecule has 0 unspecified atom stereocenters. The summed E-state index contributed by atoms with van der Waals surface area (Å²) in [6.07, 6.45) is 0.650. The fourth-order valence-electron chi connectivity index (χ4n) is 5.33. The van der Waals surface area contributed by atoms with Crippen molar-refractivity contribution < 1.29 is 18.7 Å². The molecule has 0 aromatic heterocycles. The second-order valence-corrected chi connectivity index (χ2v) is 9.28. The van der Waals surface area contributed by atoms with Crippen molar-refractivity contribution in [3.8, 4) is 0 Å². The number of piperazine rings is 1. The molecule has 2 aromatic carbocycles. The highest BCUT2D eigenvalue weighted by atomic mass is 19.1. The largest absolute Gasteiger partial charge is 0.378 e. The number of para-hydroxylation sites is 1. The number of amides is 2. The van der Waals surface area contributed by atoms with E-state index in [1.54, 1.807) is 6.07 Å². The maximum Gasteiger partial charge on any atom is 0.236 e. The lowest BCUT2D eigenvalue weighted by atomic mass is 9.83. The average molecular weight is 467 g/mol. The monoisotopic (exact) mass is 466 g/mol. The summed E-state index contributed by atoms with van der Waals surface area (Å²) in [5, 5.41) is 3.03. The van der Waals surface area contributed by atoms with Gasteiger partial charge >= 0.3 is 0 Å². The van der Waals surface area contributed by atoms with Crippen molar-refractivity contribution in [2.45, 2.75) is 19.0 Å². The topological polar surface area (TPSA) is 65.1 Å². The number of nitrogens with one attached hydrogen (secondary N) is 1. The number of hydrogen-bond acceptors (Lipinski definition) is 5. The smallest absolute Gasteiger partial charge is 0.236 e. The van der Waals surface area contributed by atoms with Gasteiger partial charge in [-0.1, -0.05) is 30.3 Å². The molecular formula is C26H31FN4O3. The van der Waals surface area contributed by atoms with Crippen LogP contribution < -0.4 is 10.2 Å². The number of ether oxygens (including phenoxy) is 1. The number of rotatable bonds is 5. The van der Waals surface area contributed by atoms with E-state index in [0.29, 0.717) is 52.4 Å². The third kappa shape index (κ3) is 4.93. The Labute approximate surface area is 199 Å². The molecule has 0 spiro atoms. The van der Waals surface area contributed by atoms with Crippen LogP contribution >= 0.6 is 0 Å². The van der Waals surface area contributed by atoms with Crippen LogP contribution in [-0.2, 0) is 27.3 Å². The fraction of sp³-hybridized carbons (Fsp3) is 0.462. The summed E-state index contributed by atoms with van der Waals surface area (Å²) >= 11 is 0. The SMILES string of the molecule is O=C(NCc1cccc(F)c1)[C@@H]1Cc2ccccc2N2CCN(CC(=O)N3CCOCC3)C[C@@H]12. The lowest BCUT2D eigenvalue weighted by molar-refractivity contribution is -0.136. The van der Waals surface area contributed by atoms with E-state index in [-0.39, 0.29) is 29.6 Å². The fourth-order valence-corrected chi connectivity index (χ4v) is 5.33. The van der Waals surface area contributed by atoms with Gasteiger partial charge in [-0.3, -0.25) is 14.5 Å². The molecule has 5 rings (SSSR count). The Balaban J connectivity index is 1.30. The Hall–Kier alpha value is -2.97. The van der Waals surface area contributed by atoms with Crippen molar-refractivity contribution in [2.75, 3.05) is 57.4 Å². The molecule has 2 amide bonds. The van der Waals surface area contributed by atoms with Crippen molar-refractivity contribution in [3.63, 3.8) is 0 Å². The average Bonchev–Trinajstić information content (AvgIpc) is 2.87. The van der Waals surface area contributed by atoms with Gasteiger partial charge in [0.25, 0.3) is 0 Å². The summed E-state index contributed by atoms with van der Waals surface area (Å²) in [5.74, 6) is -0.461. The lowest BCUT2D eigenvalue weighted by Gasteiger charge is -2.49. The minimum Gasteiger partial charge on any atom is -0.378 e. The molecule has 34 heavy (non-hydrogen) atoms. The van der Waals surface area contributed by atoms with Gasteiger partial charge < -0.3 is 19.9 Å². The number of anilines is 1. The zero-order chi connectivity index (χ0) is 23.5. The molecule has 2 aromatic rings. The normalized spacial score (nSPS) is 22.6. The number of nitrogens with zero attached hydrogens (tertiary/aromatic N) is 3. The van der Waals surface area contributed by atoms with Crippen LogP contribution in [0, 0.1) is 11.7 Å². The molecule has 2 atom stereocenters. The quantitative estimate of drug-likeness (QED) is 0.726. The second kappa shape index (κ2) is 10.1. The third-order valence-electron chi connectivity index (χ3n) is 7.12. The van der Waals surface area contributed by atoms with Crippen molar-refractivity contribution in [3.05, 3.63) is 65.5 Å². The van der Waals surface area contributed by atoms with E-state index in [9.17, 15) is 14.0 Å². The number of morpholine rings is 1. The predicted molar refractivity (Wildman–Crippen MR) is 127 cm³/mol. The van der Waals surface area contributed by atoms with E-state index >= 15 is 0 Å².